The van der Waals surface area contributed by atoms with Crippen molar-refractivity contribution in [3.05, 3.63) is 0 Å². The Balaban J connectivity index is 4.25. The first-order valence-corrected chi connectivity index (χ1v) is 6.16. The quantitative estimate of drug-likeness (QED) is 0.631. The predicted octanol–water partition coefficient (Wildman–Crippen LogP) is -0.795. The van der Waals surface area contributed by atoms with Crippen molar-refractivity contribution in [3.8, 4) is 0 Å². The van der Waals surface area contributed by atoms with Crippen molar-refractivity contribution < 1.29 is 17.9 Å². The zero-order chi connectivity index (χ0) is 12.1. The van der Waals surface area contributed by atoms with Gasteiger partial charge >= 0.3 is 0 Å². The highest BCUT2D eigenvalue weighted by Gasteiger charge is 2.22. The number of ether oxygens (including phenoxy) is 1. The van der Waals surface area contributed by atoms with Crippen molar-refractivity contribution in [1.82, 2.24) is 4.72 Å². The molecule has 0 saturated carbocycles. The van der Waals surface area contributed by atoms with Gasteiger partial charge in [-0.3, -0.25) is 9.52 Å². The average molecular weight is 238 g/mol. The van der Waals surface area contributed by atoms with Gasteiger partial charge in [0.25, 0.3) is 0 Å². The van der Waals surface area contributed by atoms with Crippen LogP contribution in [0.25, 0.3) is 0 Å². The number of amides is 1. The van der Waals surface area contributed by atoms with Gasteiger partial charge in [0.15, 0.2) is 0 Å². The molecule has 0 bridgehead atoms. The van der Waals surface area contributed by atoms with Crippen molar-refractivity contribution in [2.45, 2.75) is 31.6 Å². The maximum Gasteiger partial charge on any atom is 0.250 e. The number of methoxy groups -OCH3 is 1. The lowest BCUT2D eigenvalue weighted by molar-refractivity contribution is -0.120. The second-order valence-corrected chi connectivity index (χ2v) is 5.68. The van der Waals surface area contributed by atoms with Crippen LogP contribution in [0.15, 0.2) is 0 Å². The monoisotopic (exact) mass is 238 g/mol. The predicted molar refractivity (Wildman–Crippen MR) is 56.7 cm³/mol. The van der Waals surface area contributed by atoms with Crippen molar-refractivity contribution in [1.29, 1.82) is 0 Å². The topological polar surface area (TPSA) is 98.5 Å². The molecule has 0 aromatic rings. The zero-order valence-corrected chi connectivity index (χ0v) is 10.0. The number of nitrogens with one attached hydrogen (secondary N) is 1. The average Bonchev–Trinajstić information content (AvgIpc) is 2.13. The van der Waals surface area contributed by atoms with E-state index in [9.17, 15) is 13.2 Å². The van der Waals surface area contributed by atoms with Crippen LogP contribution in [0.1, 0.15) is 20.3 Å². The smallest absolute Gasteiger partial charge is 0.250 e. The van der Waals surface area contributed by atoms with Crippen LogP contribution in [0.2, 0.25) is 0 Å². The summed E-state index contributed by atoms with van der Waals surface area (Å²) < 4.78 is 29.2. The van der Waals surface area contributed by atoms with Gasteiger partial charge in [0, 0.05) is 13.7 Å². The number of carbonyl (C=O) groups excluding carboxylic acids is 1. The van der Waals surface area contributed by atoms with Gasteiger partial charge < -0.3 is 10.5 Å². The normalized spacial score (nSPS) is 13.9. The standard InChI is InChI=1S/C8H18N2O4S/c1-6(2)15(12,13)10-8(11)7(9)4-5-14-3/h6-7H,4-5,9H2,1-3H3,(H,10,11). The molecule has 90 valence electrons. The first-order valence-electron chi connectivity index (χ1n) is 4.61. The summed E-state index contributed by atoms with van der Waals surface area (Å²) in [5.41, 5.74) is 5.45. The molecule has 0 aromatic carbocycles. The summed E-state index contributed by atoms with van der Waals surface area (Å²) in [6.45, 7) is 3.28. The van der Waals surface area contributed by atoms with E-state index in [1.54, 1.807) is 0 Å². The van der Waals surface area contributed by atoms with Crippen molar-refractivity contribution >= 4 is 15.9 Å². The highest BCUT2D eigenvalue weighted by molar-refractivity contribution is 7.90. The zero-order valence-electron chi connectivity index (χ0n) is 9.19. The molecule has 1 unspecified atom stereocenters. The fourth-order valence-corrected chi connectivity index (χ4v) is 1.38. The molecule has 0 saturated heterocycles. The number of carbonyl (C=O) groups is 1. The second-order valence-electron chi connectivity index (χ2n) is 3.45. The van der Waals surface area contributed by atoms with Gasteiger partial charge in [-0.25, -0.2) is 8.42 Å². The number of rotatable bonds is 6. The molecule has 6 nitrogen and oxygen atoms in total. The number of sulfonamides is 1. The van der Waals surface area contributed by atoms with Crippen LogP contribution in [0.4, 0.5) is 0 Å². The van der Waals surface area contributed by atoms with E-state index in [4.69, 9.17) is 10.5 Å². The molecular weight excluding hydrogens is 220 g/mol. The minimum atomic E-state index is -3.59. The molecule has 1 amide bonds. The van der Waals surface area contributed by atoms with Gasteiger partial charge in [-0.15, -0.1) is 0 Å². The van der Waals surface area contributed by atoms with Crippen molar-refractivity contribution in [2.24, 2.45) is 5.73 Å². The molecule has 0 fully saturated rings. The first-order chi connectivity index (χ1) is 6.81. The van der Waals surface area contributed by atoms with Crippen molar-refractivity contribution in [3.63, 3.8) is 0 Å². The minimum Gasteiger partial charge on any atom is -0.385 e. The Labute approximate surface area is 90.2 Å². The molecule has 7 heteroatoms. The van der Waals surface area contributed by atoms with E-state index in [0.717, 1.165) is 0 Å². The lowest BCUT2D eigenvalue weighted by Crippen LogP contribution is -2.45. The Morgan fingerprint density at radius 2 is 2.00 bits per heavy atom. The van der Waals surface area contributed by atoms with Crippen LogP contribution < -0.4 is 10.5 Å². The molecule has 0 rings (SSSR count). The summed E-state index contributed by atoms with van der Waals surface area (Å²) in [6, 6.07) is -0.863. The largest absolute Gasteiger partial charge is 0.385 e. The first kappa shape index (κ1) is 14.3. The van der Waals surface area contributed by atoms with E-state index >= 15 is 0 Å². The molecule has 15 heavy (non-hydrogen) atoms. The van der Waals surface area contributed by atoms with E-state index < -0.39 is 27.2 Å². The fourth-order valence-electron chi connectivity index (χ4n) is 0.710. The molecule has 1 atom stereocenters. The number of nitrogens with two attached hydrogens (primary N) is 1. The third-order valence-corrected chi connectivity index (χ3v) is 3.56. The Morgan fingerprint density at radius 3 is 2.40 bits per heavy atom. The van der Waals surface area contributed by atoms with E-state index in [1.807, 2.05) is 4.72 Å². The molecule has 0 aliphatic heterocycles. The molecule has 0 radical (unpaired) electrons. The molecule has 0 heterocycles. The maximum atomic E-state index is 11.3. The molecule has 0 aromatic heterocycles. The molecule has 0 aliphatic rings. The third kappa shape index (κ3) is 5.10. The fraction of sp³-hybridized carbons (Fsp3) is 0.875. The minimum absolute atomic E-state index is 0.288. The van der Waals surface area contributed by atoms with Gasteiger partial charge in [0.1, 0.15) is 0 Å². The Bertz CT molecular complexity index is 300. The molecule has 0 spiro atoms. The summed E-state index contributed by atoms with van der Waals surface area (Å²) in [5, 5.41) is -0.656. The lowest BCUT2D eigenvalue weighted by atomic mass is 10.2. The third-order valence-electron chi connectivity index (χ3n) is 1.83. The summed E-state index contributed by atoms with van der Waals surface area (Å²) in [5.74, 6) is -0.694. The molecule has 0 aliphatic carbocycles. The highest BCUT2D eigenvalue weighted by Crippen LogP contribution is 1.97. The summed E-state index contributed by atoms with van der Waals surface area (Å²) >= 11 is 0. The SMILES string of the molecule is COCCC(N)C(=O)NS(=O)(=O)C(C)C. The van der Waals surface area contributed by atoms with Gasteiger partial charge in [0.05, 0.1) is 11.3 Å². The van der Waals surface area contributed by atoms with Gasteiger partial charge in [-0.05, 0) is 20.3 Å². The van der Waals surface area contributed by atoms with Crippen LogP contribution in [-0.4, -0.2) is 39.3 Å². The van der Waals surface area contributed by atoms with E-state index in [-0.39, 0.29) is 6.42 Å². The summed E-state index contributed by atoms with van der Waals surface area (Å²) in [6.07, 6.45) is 0.288. The van der Waals surface area contributed by atoms with Gasteiger partial charge in [-0.2, -0.15) is 0 Å². The summed E-state index contributed by atoms with van der Waals surface area (Å²) in [4.78, 5) is 11.3. The lowest BCUT2D eigenvalue weighted by Gasteiger charge is -2.13. The second kappa shape index (κ2) is 6.04. The van der Waals surface area contributed by atoms with E-state index in [2.05, 4.69) is 0 Å². The number of hydrogen-bond donors (Lipinski definition) is 2. The molecular formula is C8H18N2O4S. The maximum absolute atomic E-state index is 11.3. The Kier molecular flexibility index (Phi) is 5.77. The van der Waals surface area contributed by atoms with E-state index in [0.29, 0.717) is 6.61 Å². The molecule has 3 N–H and O–H groups in total. The summed E-state index contributed by atoms with van der Waals surface area (Å²) in [7, 11) is -2.11. The Hall–Kier alpha value is -0.660. The van der Waals surface area contributed by atoms with Crippen LogP contribution in [-0.2, 0) is 19.6 Å². The van der Waals surface area contributed by atoms with Gasteiger partial charge in [0.2, 0.25) is 15.9 Å². The van der Waals surface area contributed by atoms with Crippen LogP contribution in [0, 0.1) is 0 Å². The highest BCUT2D eigenvalue weighted by atomic mass is 32.2. The van der Waals surface area contributed by atoms with Crippen LogP contribution in [0.3, 0.4) is 0 Å². The van der Waals surface area contributed by atoms with Crippen molar-refractivity contribution in [2.75, 3.05) is 13.7 Å². The Morgan fingerprint density at radius 1 is 1.47 bits per heavy atom. The van der Waals surface area contributed by atoms with Gasteiger partial charge in [-0.1, -0.05) is 0 Å². The van der Waals surface area contributed by atoms with Crippen LogP contribution in [0.5, 0.6) is 0 Å². The number of hydrogen-bond acceptors (Lipinski definition) is 5. The van der Waals surface area contributed by atoms with E-state index in [1.165, 1.54) is 21.0 Å². The van der Waals surface area contributed by atoms with Crippen LogP contribution >= 0.6 is 0 Å².